The Balaban J connectivity index is 1.87. The number of amides is 1. The quantitative estimate of drug-likeness (QED) is 0.538. The predicted octanol–water partition coefficient (Wildman–Crippen LogP) is 4.00. The van der Waals surface area contributed by atoms with Gasteiger partial charge >= 0.3 is 12.1 Å². The van der Waals surface area contributed by atoms with E-state index in [4.69, 9.17) is 15.2 Å². The minimum Gasteiger partial charge on any atom is -0.428 e. The van der Waals surface area contributed by atoms with Crippen molar-refractivity contribution in [3.05, 3.63) is 10.6 Å². The van der Waals surface area contributed by atoms with E-state index in [0.717, 1.165) is 36.3 Å². The highest BCUT2D eigenvalue weighted by atomic mass is 32.1. The molecule has 1 aliphatic rings. The number of rotatable bonds is 7. The SMILES string of the molecule is CCCN(C(=O)OCOC(=O)C(C)CC(C)(C)C)C1CCc2nc(N)sc2C1. The molecule has 0 spiro atoms. The van der Waals surface area contributed by atoms with Crippen LogP contribution in [0.2, 0.25) is 0 Å². The van der Waals surface area contributed by atoms with Gasteiger partial charge in [0.1, 0.15) is 0 Å². The Labute approximate surface area is 171 Å². The lowest BCUT2D eigenvalue weighted by Crippen LogP contribution is -2.44. The summed E-state index contributed by atoms with van der Waals surface area (Å²) in [4.78, 5) is 31.9. The molecule has 0 bridgehead atoms. The summed E-state index contributed by atoms with van der Waals surface area (Å²) in [6.45, 7) is 10.3. The summed E-state index contributed by atoms with van der Waals surface area (Å²) in [5.41, 5.74) is 6.89. The van der Waals surface area contributed by atoms with Gasteiger partial charge in [0.15, 0.2) is 5.13 Å². The molecular weight excluding hydrogens is 378 g/mol. The van der Waals surface area contributed by atoms with Crippen LogP contribution in [0, 0.1) is 11.3 Å². The van der Waals surface area contributed by atoms with E-state index in [1.807, 2.05) is 13.8 Å². The van der Waals surface area contributed by atoms with E-state index in [-0.39, 0.29) is 30.1 Å². The van der Waals surface area contributed by atoms with Crippen LogP contribution in [-0.4, -0.2) is 41.3 Å². The third kappa shape index (κ3) is 6.36. The average molecular weight is 412 g/mol. The van der Waals surface area contributed by atoms with Crippen LogP contribution in [0.25, 0.3) is 0 Å². The second-order valence-electron chi connectivity index (χ2n) is 8.67. The predicted molar refractivity (Wildman–Crippen MR) is 110 cm³/mol. The molecule has 2 N–H and O–H groups in total. The van der Waals surface area contributed by atoms with Crippen LogP contribution in [0.1, 0.15) is 64.5 Å². The van der Waals surface area contributed by atoms with Gasteiger partial charge in [0.05, 0.1) is 11.6 Å². The van der Waals surface area contributed by atoms with E-state index < -0.39 is 6.09 Å². The minimum absolute atomic E-state index is 0.0346. The first-order valence-corrected chi connectivity index (χ1v) is 10.8. The fourth-order valence-corrected chi connectivity index (χ4v) is 4.62. The Morgan fingerprint density at radius 1 is 1.36 bits per heavy atom. The van der Waals surface area contributed by atoms with Crippen LogP contribution in [0.5, 0.6) is 0 Å². The standard InChI is InChI=1S/C20H33N3O4S/c1-6-9-23(14-7-8-15-16(10-14)28-18(21)22-15)19(25)27-12-26-17(24)13(2)11-20(3,4)5/h13-14H,6-12H2,1-5H3,(H2,21,22). The highest BCUT2D eigenvalue weighted by molar-refractivity contribution is 7.15. The molecule has 1 aromatic rings. The van der Waals surface area contributed by atoms with Gasteiger partial charge in [-0.25, -0.2) is 9.78 Å². The van der Waals surface area contributed by atoms with E-state index in [2.05, 4.69) is 25.8 Å². The van der Waals surface area contributed by atoms with Crippen molar-refractivity contribution in [3.8, 4) is 0 Å². The first-order chi connectivity index (χ1) is 13.1. The van der Waals surface area contributed by atoms with Crippen LogP contribution in [0.4, 0.5) is 9.93 Å². The zero-order valence-electron chi connectivity index (χ0n) is 17.6. The lowest BCUT2D eigenvalue weighted by Gasteiger charge is -2.32. The third-order valence-electron chi connectivity index (χ3n) is 4.77. The summed E-state index contributed by atoms with van der Waals surface area (Å²) >= 11 is 1.49. The maximum Gasteiger partial charge on any atom is 0.412 e. The van der Waals surface area contributed by atoms with Gasteiger partial charge in [-0.3, -0.25) is 4.79 Å². The summed E-state index contributed by atoms with van der Waals surface area (Å²) in [5, 5.41) is 0.576. The number of thiazole rings is 1. The highest BCUT2D eigenvalue weighted by Crippen LogP contribution is 2.30. The van der Waals surface area contributed by atoms with Crippen molar-refractivity contribution in [2.75, 3.05) is 19.1 Å². The molecule has 0 radical (unpaired) electrons. The second-order valence-corrected chi connectivity index (χ2v) is 9.78. The normalized spacial score (nSPS) is 17.5. The van der Waals surface area contributed by atoms with E-state index in [1.165, 1.54) is 11.3 Å². The fourth-order valence-electron chi connectivity index (χ4n) is 3.67. The van der Waals surface area contributed by atoms with Crippen molar-refractivity contribution >= 4 is 28.5 Å². The maximum absolute atomic E-state index is 12.6. The Hall–Kier alpha value is -1.83. The number of carbonyl (C=O) groups excluding carboxylic acids is 2. The number of nitrogens with zero attached hydrogens (tertiary/aromatic N) is 2. The number of anilines is 1. The van der Waals surface area contributed by atoms with Crippen LogP contribution >= 0.6 is 11.3 Å². The Morgan fingerprint density at radius 2 is 2.07 bits per heavy atom. The molecule has 1 aliphatic carbocycles. The zero-order valence-corrected chi connectivity index (χ0v) is 18.4. The number of aromatic nitrogens is 1. The van der Waals surface area contributed by atoms with Crippen molar-refractivity contribution < 1.29 is 19.1 Å². The number of nitrogens with two attached hydrogens (primary N) is 1. The molecular formula is C20H33N3O4S. The zero-order chi connectivity index (χ0) is 20.9. The van der Waals surface area contributed by atoms with Gasteiger partial charge in [-0.15, -0.1) is 11.3 Å². The topological polar surface area (TPSA) is 94.8 Å². The number of esters is 1. The molecule has 2 rings (SSSR count). The smallest absolute Gasteiger partial charge is 0.412 e. The molecule has 2 atom stereocenters. The number of hydrogen-bond donors (Lipinski definition) is 1. The van der Waals surface area contributed by atoms with Gasteiger partial charge in [0.25, 0.3) is 0 Å². The van der Waals surface area contributed by atoms with Gasteiger partial charge in [-0.2, -0.15) is 0 Å². The molecule has 158 valence electrons. The first kappa shape index (κ1) is 22.5. The summed E-state index contributed by atoms with van der Waals surface area (Å²) in [6, 6.07) is 0.0512. The second kappa shape index (κ2) is 9.58. The van der Waals surface area contributed by atoms with E-state index in [9.17, 15) is 9.59 Å². The number of fused-ring (bicyclic) bond motifs is 1. The number of nitrogen functional groups attached to an aromatic ring is 1. The van der Waals surface area contributed by atoms with Crippen LogP contribution in [0.3, 0.4) is 0 Å². The molecule has 0 saturated heterocycles. The first-order valence-electron chi connectivity index (χ1n) is 9.94. The molecule has 8 heteroatoms. The monoisotopic (exact) mass is 411 g/mol. The number of carbonyl (C=O) groups is 2. The summed E-state index contributed by atoms with van der Waals surface area (Å²) in [5.74, 6) is -0.578. The number of hydrogen-bond acceptors (Lipinski definition) is 7. The largest absolute Gasteiger partial charge is 0.428 e. The van der Waals surface area contributed by atoms with Crippen LogP contribution in [0.15, 0.2) is 0 Å². The summed E-state index contributed by atoms with van der Waals surface area (Å²) in [6.07, 6.45) is 3.47. The molecule has 1 aromatic heterocycles. The van der Waals surface area contributed by atoms with E-state index >= 15 is 0 Å². The average Bonchev–Trinajstić information content (AvgIpc) is 2.96. The molecule has 0 aliphatic heterocycles. The molecule has 0 fully saturated rings. The Morgan fingerprint density at radius 3 is 2.71 bits per heavy atom. The molecule has 0 aromatic carbocycles. The molecule has 0 saturated carbocycles. The fraction of sp³-hybridized carbons (Fsp3) is 0.750. The van der Waals surface area contributed by atoms with Crippen molar-refractivity contribution in [1.82, 2.24) is 9.88 Å². The maximum atomic E-state index is 12.6. The number of ether oxygens (including phenoxy) is 2. The Bertz CT molecular complexity index is 683. The molecule has 7 nitrogen and oxygen atoms in total. The number of aryl methyl sites for hydroxylation is 1. The van der Waals surface area contributed by atoms with Gasteiger partial charge in [-0.1, -0.05) is 34.6 Å². The van der Waals surface area contributed by atoms with Gasteiger partial charge in [0.2, 0.25) is 6.79 Å². The minimum atomic E-state index is -0.441. The van der Waals surface area contributed by atoms with Gasteiger partial charge in [0, 0.05) is 23.9 Å². The van der Waals surface area contributed by atoms with Crippen LogP contribution < -0.4 is 5.73 Å². The van der Waals surface area contributed by atoms with Crippen molar-refractivity contribution in [1.29, 1.82) is 0 Å². The summed E-state index contributed by atoms with van der Waals surface area (Å²) in [7, 11) is 0. The van der Waals surface area contributed by atoms with Crippen molar-refractivity contribution in [2.24, 2.45) is 11.3 Å². The molecule has 2 unspecified atom stereocenters. The van der Waals surface area contributed by atoms with Gasteiger partial charge < -0.3 is 20.1 Å². The third-order valence-corrected chi connectivity index (χ3v) is 5.72. The van der Waals surface area contributed by atoms with Crippen molar-refractivity contribution in [3.63, 3.8) is 0 Å². The Kier molecular flexibility index (Phi) is 7.69. The lowest BCUT2D eigenvalue weighted by molar-refractivity contribution is -0.158. The highest BCUT2D eigenvalue weighted by Gasteiger charge is 2.30. The van der Waals surface area contributed by atoms with Crippen molar-refractivity contribution in [2.45, 2.75) is 72.8 Å². The van der Waals surface area contributed by atoms with E-state index in [1.54, 1.807) is 4.90 Å². The molecule has 1 heterocycles. The summed E-state index contributed by atoms with van der Waals surface area (Å²) < 4.78 is 10.4. The lowest BCUT2D eigenvalue weighted by atomic mass is 9.85. The molecule has 1 amide bonds. The van der Waals surface area contributed by atoms with Gasteiger partial charge in [-0.05, 0) is 31.1 Å². The van der Waals surface area contributed by atoms with E-state index in [0.29, 0.717) is 18.1 Å². The molecule has 28 heavy (non-hydrogen) atoms. The van der Waals surface area contributed by atoms with Crippen LogP contribution in [-0.2, 0) is 27.1 Å².